The molecular formula is C12H20N4. The molecule has 0 aromatic carbocycles. The van der Waals surface area contributed by atoms with Gasteiger partial charge < -0.3 is 11.1 Å². The van der Waals surface area contributed by atoms with Crippen molar-refractivity contribution in [3.8, 4) is 0 Å². The molecule has 4 nitrogen and oxygen atoms in total. The lowest BCUT2D eigenvalue weighted by molar-refractivity contribution is 0.686. The van der Waals surface area contributed by atoms with Crippen LogP contribution in [0.2, 0.25) is 0 Å². The van der Waals surface area contributed by atoms with Crippen molar-refractivity contribution in [1.29, 1.82) is 0 Å². The summed E-state index contributed by atoms with van der Waals surface area (Å²) in [5.41, 5.74) is 6.84. The van der Waals surface area contributed by atoms with Gasteiger partial charge in [-0.05, 0) is 25.2 Å². The SMILES string of the molecule is CCc1c(N)ncnc1NCCCC1CC1. The lowest BCUT2D eigenvalue weighted by Gasteiger charge is -2.10. The van der Waals surface area contributed by atoms with Crippen LogP contribution in [0.4, 0.5) is 11.6 Å². The van der Waals surface area contributed by atoms with Gasteiger partial charge in [0.25, 0.3) is 0 Å². The first-order valence-corrected chi connectivity index (χ1v) is 6.14. The van der Waals surface area contributed by atoms with Crippen molar-refractivity contribution in [2.45, 2.75) is 39.0 Å². The number of hydrogen-bond acceptors (Lipinski definition) is 4. The minimum Gasteiger partial charge on any atom is -0.383 e. The maximum absolute atomic E-state index is 5.80. The Morgan fingerprint density at radius 3 is 2.94 bits per heavy atom. The highest BCUT2D eigenvalue weighted by Crippen LogP contribution is 2.33. The summed E-state index contributed by atoms with van der Waals surface area (Å²) in [7, 11) is 0. The maximum Gasteiger partial charge on any atom is 0.134 e. The molecule has 1 aromatic rings. The summed E-state index contributed by atoms with van der Waals surface area (Å²) in [5, 5.41) is 3.36. The van der Waals surface area contributed by atoms with E-state index in [0.29, 0.717) is 5.82 Å². The Kier molecular flexibility index (Phi) is 3.59. The Balaban J connectivity index is 1.84. The van der Waals surface area contributed by atoms with Gasteiger partial charge in [-0.1, -0.05) is 19.8 Å². The molecule has 0 radical (unpaired) electrons. The molecule has 16 heavy (non-hydrogen) atoms. The summed E-state index contributed by atoms with van der Waals surface area (Å²) in [4.78, 5) is 8.24. The Morgan fingerprint density at radius 2 is 2.25 bits per heavy atom. The van der Waals surface area contributed by atoms with E-state index in [0.717, 1.165) is 30.3 Å². The van der Waals surface area contributed by atoms with Crippen LogP contribution in [0.15, 0.2) is 6.33 Å². The topological polar surface area (TPSA) is 63.8 Å². The maximum atomic E-state index is 5.80. The number of nitrogens with zero attached hydrogens (tertiary/aromatic N) is 2. The molecule has 4 heteroatoms. The average Bonchev–Trinajstić information content (AvgIpc) is 3.08. The van der Waals surface area contributed by atoms with Crippen LogP contribution in [0.3, 0.4) is 0 Å². The first-order valence-electron chi connectivity index (χ1n) is 6.14. The van der Waals surface area contributed by atoms with Crippen molar-refractivity contribution in [3.05, 3.63) is 11.9 Å². The number of nitrogen functional groups attached to an aromatic ring is 1. The van der Waals surface area contributed by atoms with E-state index >= 15 is 0 Å². The van der Waals surface area contributed by atoms with Gasteiger partial charge in [0.2, 0.25) is 0 Å². The minimum absolute atomic E-state index is 0.599. The molecule has 2 rings (SSSR count). The zero-order valence-electron chi connectivity index (χ0n) is 9.87. The average molecular weight is 220 g/mol. The van der Waals surface area contributed by atoms with Gasteiger partial charge in [0.1, 0.15) is 18.0 Å². The Morgan fingerprint density at radius 1 is 1.44 bits per heavy atom. The number of nitrogens with one attached hydrogen (secondary N) is 1. The van der Waals surface area contributed by atoms with E-state index in [1.165, 1.54) is 32.0 Å². The summed E-state index contributed by atoms with van der Waals surface area (Å²) < 4.78 is 0. The van der Waals surface area contributed by atoms with Crippen LogP contribution >= 0.6 is 0 Å². The van der Waals surface area contributed by atoms with Gasteiger partial charge in [-0.3, -0.25) is 0 Å². The van der Waals surface area contributed by atoms with Gasteiger partial charge in [0, 0.05) is 12.1 Å². The molecule has 88 valence electrons. The van der Waals surface area contributed by atoms with E-state index in [9.17, 15) is 0 Å². The summed E-state index contributed by atoms with van der Waals surface area (Å²) in [6.45, 7) is 3.06. The van der Waals surface area contributed by atoms with E-state index in [4.69, 9.17) is 5.73 Å². The molecule has 1 heterocycles. The lowest BCUT2D eigenvalue weighted by atomic mass is 10.2. The Hall–Kier alpha value is -1.32. The summed E-state index contributed by atoms with van der Waals surface area (Å²) in [6, 6.07) is 0. The Labute approximate surface area is 96.7 Å². The van der Waals surface area contributed by atoms with Crippen molar-refractivity contribution in [1.82, 2.24) is 9.97 Å². The van der Waals surface area contributed by atoms with Gasteiger partial charge in [-0.2, -0.15) is 0 Å². The number of aromatic nitrogens is 2. The summed E-state index contributed by atoms with van der Waals surface area (Å²) >= 11 is 0. The molecule has 3 N–H and O–H groups in total. The highest BCUT2D eigenvalue weighted by molar-refractivity contribution is 5.54. The molecule has 0 bridgehead atoms. The van der Waals surface area contributed by atoms with Crippen molar-refractivity contribution in [2.75, 3.05) is 17.6 Å². The normalized spacial score (nSPS) is 15.1. The molecule has 0 saturated heterocycles. The molecule has 1 fully saturated rings. The second kappa shape index (κ2) is 5.14. The van der Waals surface area contributed by atoms with Crippen LogP contribution < -0.4 is 11.1 Å². The van der Waals surface area contributed by atoms with Gasteiger partial charge in [-0.25, -0.2) is 9.97 Å². The minimum atomic E-state index is 0.599. The van der Waals surface area contributed by atoms with E-state index in [2.05, 4.69) is 22.2 Å². The third kappa shape index (κ3) is 2.84. The van der Waals surface area contributed by atoms with Gasteiger partial charge in [0.05, 0.1) is 0 Å². The van der Waals surface area contributed by atoms with Crippen LogP contribution in [0.25, 0.3) is 0 Å². The highest BCUT2D eigenvalue weighted by Gasteiger charge is 2.20. The molecule has 0 spiro atoms. The third-order valence-electron chi connectivity index (χ3n) is 3.11. The quantitative estimate of drug-likeness (QED) is 0.721. The second-order valence-corrected chi connectivity index (χ2v) is 4.45. The lowest BCUT2D eigenvalue weighted by Crippen LogP contribution is -2.09. The molecule has 0 unspecified atom stereocenters. The smallest absolute Gasteiger partial charge is 0.134 e. The van der Waals surface area contributed by atoms with E-state index in [1.807, 2.05) is 0 Å². The molecule has 0 aliphatic heterocycles. The second-order valence-electron chi connectivity index (χ2n) is 4.45. The Bertz CT molecular complexity index is 347. The fourth-order valence-corrected chi connectivity index (χ4v) is 1.93. The summed E-state index contributed by atoms with van der Waals surface area (Å²) in [6.07, 6.45) is 7.82. The highest BCUT2D eigenvalue weighted by atomic mass is 15.0. The fourth-order valence-electron chi connectivity index (χ4n) is 1.93. The van der Waals surface area contributed by atoms with Gasteiger partial charge >= 0.3 is 0 Å². The van der Waals surface area contributed by atoms with Crippen molar-refractivity contribution < 1.29 is 0 Å². The predicted molar refractivity (Wildman–Crippen MR) is 66.3 cm³/mol. The molecule has 1 saturated carbocycles. The first kappa shape index (κ1) is 11.2. The van der Waals surface area contributed by atoms with Crippen LogP contribution in [-0.2, 0) is 6.42 Å². The van der Waals surface area contributed by atoms with E-state index in [-0.39, 0.29) is 0 Å². The van der Waals surface area contributed by atoms with Gasteiger partial charge in [0.15, 0.2) is 0 Å². The summed E-state index contributed by atoms with van der Waals surface area (Å²) in [5.74, 6) is 2.51. The molecule has 1 aromatic heterocycles. The van der Waals surface area contributed by atoms with Crippen LogP contribution in [-0.4, -0.2) is 16.5 Å². The number of anilines is 2. The zero-order valence-corrected chi connectivity index (χ0v) is 9.87. The first-order chi connectivity index (χ1) is 7.81. The number of nitrogens with two attached hydrogens (primary N) is 1. The monoisotopic (exact) mass is 220 g/mol. The predicted octanol–water partition coefficient (Wildman–Crippen LogP) is 2.22. The molecule has 1 aliphatic rings. The van der Waals surface area contributed by atoms with Crippen molar-refractivity contribution >= 4 is 11.6 Å². The fraction of sp³-hybridized carbons (Fsp3) is 0.667. The standard InChI is InChI=1S/C12H20N4/c1-2-10-11(13)15-8-16-12(10)14-7-3-4-9-5-6-9/h8-9H,2-7H2,1H3,(H3,13,14,15,16). The number of hydrogen-bond donors (Lipinski definition) is 2. The van der Waals surface area contributed by atoms with E-state index < -0.39 is 0 Å². The molecular weight excluding hydrogens is 200 g/mol. The van der Waals surface area contributed by atoms with Crippen molar-refractivity contribution in [3.63, 3.8) is 0 Å². The largest absolute Gasteiger partial charge is 0.383 e. The number of rotatable bonds is 6. The third-order valence-corrected chi connectivity index (χ3v) is 3.11. The van der Waals surface area contributed by atoms with Gasteiger partial charge in [-0.15, -0.1) is 0 Å². The molecule has 0 amide bonds. The van der Waals surface area contributed by atoms with Crippen LogP contribution in [0.1, 0.15) is 38.2 Å². The van der Waals surface area contributed by atoms with Crippen LogP contribution in [0.5, 0.6) is 0 Å². The van der Waals surface area contributed by atoms with E-state index in [1.54, 1.807) is 0 Å². The molecule has 1 aliphatic carbocycles. The molecule has 0 atom stereocenters. The van der Waals surface area contributed by atoms with Crippen molar-refractivity contribution in [2.24, 2.45) is 5.92 Å². The van der Waals surface area contributed by atoms with Crippen LogP contribution in [0, 0.1) is 5.92 Å². The zero-order chi connectivity index (χ0) is 11.4.